The van der Waals surface area contributed by atoms with Crippen molar-refractivity contribution in [1.82, 2.24) is 19.5 Å². The molecular weight excluding hydrogens is 450 g/mol. The molecule has 0 bridgehead atoms. The minimum atomic E-state index is 0.0507. The highest BCUT2D eigenvalue weighted by molar-refractivity contribution is 5.86. The number of hydrogen-bond donors (Lipinski definition) is 0. The van der Waals surface area contributed by atoms with Gasteiger partial charge in [-0.1, -0.05) is 26.8 Å². The first-order valence-corrected chi connectivity index (χ1v) is 12.8. The summed E-state index contributed by atoms with van der Waals surface area (Å²) in [6.07, 6.45) is 11.1. The highest BCUT2D eigenvalue weighted by Crippen LogP contribution is 2.24. The summed E-state index contributed by atoms with van der Waals surface area (Å²) in [6, 6.07) is 12.2. The molecule has 3 aromatic heterocycles. The Morgan fingerprint density at radius 3 is 2.44 bits per heavy atom. The quantitative estimate of drug-likeness (QED) is 0.343. The summed E-state index contributed by atoms with van der Waals surface area (Å²) in [5.74, 6) is 2.73. The van der Waals surface area contributed by atoms with E-state index in [9.17, 15) is 4.79 Å². The lowest BCUT2D eigenvalue weighted by Crippen LogP contribution is -2.39. The summed E-state index contributed by atoms with van der Waals surface area (Å²) < 4.78 is 8.30. The third-order valence-electron chi connectivity index (χ3n) is 6.87. The highest BCUT2D eigenvalue weighted by atomic mass is 16.5. The lowest BCUT2D eigenvalue weighted by atomic mass is 10.0. The third-order valence-corrected chi connectivity index (χ3v) is 6.87. The number of fused-ring (bicyclic) bond motifs is 1. The maximum atomic E-state index is 12.1. The second-order valence-electron chi connectivity index (χ2n) is 9.78. The van der Waals surface area contributed by atoms with Crippen LogP contribution in [-0.2, 0) is 17.6 Å². The molecule has 1 aliphatic heterocycles. The third kappa shape index (κ3) is 5.25. The number of aryl methyl sites for hydroxylation is 1. The maximum absolute atomic E-state index is 12.1. The van der Waals surface area contributed by atoms with E-state index >= 15 is 0 Å². The van der Waals surface area contributed by atoms with E-state index in [2.05, 4.69) is 49.5 Å². The molecule has 5 rings (SSSR count). The molecular formula is C29H33N5O2. The number of pyridine rings is 1. The van der Waals surface area contributed by atoms with E-state index in [1.54, 1.807) is 6.20 Å². The molecule has 0 saturated carbocycles. The second-order valence-corrected chi connectivity index (χ2v) is 9.78. The molecule has 7 heteroatoms. The number of hydrogen-bond acceptors (Lipinski definition) is 6. The van der Waals surface area contributed by atoms with Crippen molar-refractivity contribution in [3.05, 3.63) is 72.3 Å². The van der Waals surface area contributed by atoms with Crippen LogP contribution >= 0.6 is 0 Å². The predicted molar refractivity (Wildman–Crippen MR) is 142 cm³/mol. The molecule has 1 saturated heterocycles. The van der Waals surface area contributed by atoms with Crippen molar-refractivity contribution in [3.63, 3.8) is 0 Å². The Bertz CT molecular complexity index is 1320. The van der Waals surface area contributed by atoms with Gasteiger partial charge in [0.2, 0.25) is 5.95 Å². The van der Waals surface area contributed by atoms with Crippen molar-refractivity contribution in [3.8, 4) is 11.6 Å². The van der Waals surface area contributed by atoms with Crippen LogP contribution < -0.4 is 9.64 Å². The highest BCUT2D eigenvalue weighted by Gasteiger charge is 2.22. The van der Waals surface area contributed by atoms with Crippen LogP contribution in [0, 0.1) is 5.92 Å². The summed E-state index contributed by atoms with van der Waals surface area (Å²) >= 11 is 0. The first-order valence-electron chi connectivity index (χ1n) is 12.8. The minimum Gasteiger partial charge on any atom is -0.489 e. The monoisotopic (exact) mass is 483 g/mol. The molecule has 7 nitrogen and oxygen atoms in total. The molecule has 1 aliphatic rings. The van der Waals surface area contributed by atoms with Crippen molar-refractivity contribution in [2.24, 2.45) is 5.92 Å². The van der Waals surface area contributed by atoms with Gasteiger partial charge in [0.05, 0.1) is 11.7 Å². The van der Waals surface area contributed by atoms with Gasteiger partial charge >= 0.3 is 0 Å². The van der Waals surface area contributed by atoms with Crippen LogP contribution in [0.5, 0.6) is 5.75 Å². The number of nitrogens with zero attached hydrogens (tertiary/aromatic N) is 5. The Balaban J connectivity index is 1.20. The Labute approximate surface area is 212 Å². The van der Waals surface area contributed by atoms with E-state index in [-0.39, 0.29) is 17.8 Å². The number of rotatable bonds is 8. The Morgan fingerprint density at radius 1 is 1.00 bits per heavy atom. The Hall–Kier alpha value is -3.74. The summed E-state index contributed by atoms with van der Waals surface area (Å²) in [5, 5.41) is 1.10. The van der Waals surface area contributed by atoms with Gasteiger partial charge < -0.3 is 14.2 Å². The molecule has 0 aliphatic carbocycles. The fourth-order valence-electron chi connectivity index (χ4n) is 4.55. The van der Waals surface area contributed by atoms with Crippen LogP contribution in [0.15, 0.2) is 61.2 Å². The van der Waals surface area contributed by atoms with Gasteiger partial charge in [-0.2, -0.15) is 0 Å². The van der Waals surface area contributed by atoms with Crippen LogP contribution in [0.3, 0.4) is 0 Å². The number of Topliss-reactive ketones (excluding diaryl/α,β-unsaturated/α-hetero) is 1. The smallest absolute Gasteiger partial charge is 0.225 e. The van der Waals surface area contributed by atoms with Crippen LogP contribution in [0.25, 0.3) is 16.7 Å². The normalized spacial score (nSPS) is 14.5. The van der Waals surface area contributed by atoms with E-state index in [4.69, 9.17) is 4.74 Å². The number of piperidine rings is 1. The molecule has 0 atom stereocenters. The predicted octanol–water partition coefficient (Wildman–Crippen LogP) is 5.19. The standard InChI is InChI=1S/C29H33N5O2/c1-4-21-17-31-29(32-18-21)33-12-10-24(11-13-33)36-25-6-8-28(30-19-25)34-14-9-23-15-22(5-7-26(23)34)16-27(35)20(2)3/h5-9,14-15,17-20,24H,4,10-13,16H2,1-3H3. The maximum Gasteiger partial charge on any atom is 0.225 e. The van der Waals surface area contributed by atoms with Crippen molar-refractivity contribution in [1.29, 1.82) is 0 Å². The molecule has 0 spiro atoms. The van der Waals surface area contributed by atoms with Crippen LogP contribution in [-0.4, -0.2) is 44.5 Å². The van der Waals surface area contributed by atoms with Gasteiger partial charge in [0.15, 0.2) is 0 Å². The summed E-state index contributed by atoms with van der Waals surface area (Å²) in [6.45, 7) is 7.75. The zero-order valence-corrected chi connectivity index (χ0v) is 21.2. The summed E-state index contributed by atoms with van der Waals surface area (Å²) in [4.78, 5) is 28.0. The lowest BCUT2D eigenvalue weighted by Gasteiger charge is -2.32. The van der Waals surface area contributed by atoms with Crippen LogP contribution in [0.1, 0.15) is 44.7 Å². The van der Waals surface area contributed by atoms with Gasteiger partial charge in [-0.15, -0.1) is 0 Å². The molecule has 0 amide bonds. The topological polar surface area (TPSA) is 73.1 Å². The fraction of sp³-hybridized carbons (Fsp3) is 0.379. The molecule has 1 fully saturated rings. The average Bonchev–Trinajstić information content (AvgIpc) is 3.33. The van der Waals surface area contributed by atoms with E-state index in [1.807, 2.05) is 50.6 Å². The lowest BCUT2D eigenvalue weighted by molar-refractivity contribution is -0.121. The van der Waals surface area contributed by atoms with E-state index in [0.29, 0.717) is 6.42 Å². The SMILES string of the molecule is CCc1cnc(N2CCC(Oc3ccc(-n4ccc5cc(CC(=O)C(C)C)ccc54)nc3)CC2)nc1. The van der Waals surface area contributed by atoms with Crippen LogP contribution in [0.2, 0.25) is 0 Å². The zero-order valence-electron chi connectivity index (χ0n) is 21.2. The largest absolute Gasteiger partial charge is 0.489 e. The number of carbonyl (C=O) groups excluding carboxylic acids is 1. The average molecular weight is 484 g/mol. The Morgan fingerprint density at radius 2 is 1.78 bits per heavy atom. The molecule has 0 N–H and O–H groups in total. The van der Waals surface area contributed by atoms with E-state index in [0.717, 1.165) is 71.9 Å². The van der Waals surface area contributed by atoms with Crippen molar-refractivity contribution in [2.75, 3.05) is 18.0 Å². The molecule has 4 heterocycles. The molecule has 1 aromatic carbocycles. The van der Waals surface area contributed by atoms with E-state index < -0.39 is 0 Å². The van der Waals surface area contributed by atoms with Crippen molar-refractivity contribution < 1.29 is 9.53 Å². The van der Waals surface area contributed by atoms with Gasteiger partial charge in [-0.3, -0.25) is 4.79 Å². The van der Waals surface area contributed by atoms with Crippen LogP contribution in [0.4, 0.5) is 5.95 Å². The van der Waals surface area contributed by atoms with Crippen molar-refractivity contribution in [2.45, 2.75) is 52.6 Å². The molecule has 0 unspecified atom stereocenters. The fourth-order valence-corrected chi connectivity index (χ4v) is 4.55. The zero-order chi connectivity index (χ0) is 25.1. The van der Waals surface area contributed by atoms with Gasteiger partial charge in [-0.05, 0) is 47.9 Å². The number of ketones is 1. The summed E-state index contributed by atoms with van der Waals surface area (Å²) in [7, 11) is 0. The number of aromatic nitrogens is 4. The number of anilines is 1. The summed E-state index contributed by atoms with van der Waals surface area (Å²) in [5.41, 5.74) is 3.27. The van der Waals surface area contributed by atoms with E-state index in [1.165, 1.54) is 0 Å². The minimum absolute atomic E-state index is 0.0507. The van der Waals surface area contributed by atoms with Crippen molar-refractivity contribution >= 4 is 22.6 Å². The molecule has 0 radical (unpaired) electrons. The number of ether oxygens (including phenoxy) is 1. The molecule has 186 valence electrons. The molecule has 36 heavy (non-hydrogen) atoms. The second kappa shape index (κ2) is 10.5. The van der Waals surface area contributed by atoms with Gasteiger partial charge in [0, 0.05) is 62.2 Å². The van der Waals surface area contributed by atoms with Gasteiger partial charge in [0.1, 0.15) is 23.5 Å². The first-order chi connectivity index (χ1) is 17.5. The molecule has 4 aromatic rings. The van der Waals surface area contributed by atoms with Gasteiger partial charge in [-0.25, -0.2) is 15.0 Å². The first kappa shape index (κ1) is 24.0. The number of benzene rings is 1. The van der Waals surface area contributed by atoms with Gasteiger partial charge in [0.25, 0.3) is 0 Å². The number of carbonyl (C=O) groups is 1. The Kier molecular flexibility index (Phi) is 6.98.